The van der Waals surface area contributed by atoms with Gasteiger partial charge in [0.2, 0.25) is 5.91 Å². The van der Waals surface area contributed by atoms with Crippen LogP contribution in [0, 0.1) is 0 Å². The van der Waals surface area contributed by atoms with E-state index in [1.54, 1.807) is 6.26 Å². The van der Waals surface area contributed by atoms with E-state index < -0.39 is 0 Å². The first-order valence-electron chi connectivity index (χ1n) is 8.07. The van der Waals surface area contributed by atoms with E-state index in [1.165, 1.54) is 22.9 Å². The molecule has 1 aliphatic heterocycles. The summed E-state index contributed by atoms with van der Waals surface area (Å²) in [6.07, 6.45) is 6.86. The molecule has 1 aliphatic carbocycles. The molecule has 3 nitrogen and oxygen atoms in total. The Morgan fingerprint density at radius 3 is 3.14 bits per heavy atom. The van der Waals surface area contributed by atoms with Crippen LogP contribution in [0.4, 0.5) is 0 Å². The summed E-state index contributed by atoms with van der Waals surface area (Å²) in [5.41, 5.74) is 3.86. The third kappa shape index (κ3) is 1.98. The van der Waals surface area contributed by atoms with Gasteiger partial charge in [-0.15, -0.1) is 0 Å². The highest BCUT2D eigenvalue weighted by molar-refractivity contribution is 5.80. The SMILES string of the molecule is CCC(=O)N1CCCC2c3cc4ccoc4cc3CCC21. The number of aryl methyl sites for hydroxylation is 1. The van der Waals surface area contributed by atoms with Crippen molar-refractivity contribution in [2.75, 3.05) is 6.54 Å². The first-order valence-corrected chi connectivity index (χ1v) is 8.07. The lowest BCUT2D eigenvalue weighted by atomic mass is 9.74. The molecule has 4 rings (SSSR count). The molecule has 0 bridgehead atoms. The van der Waals surface area contributed by atoms with Gasteiger partial charge in [0.05, 0.1) is 6.26 Å². The number of furan rings is 1. The van der Waals surface area contributed by atoms with Crippen molar-refractivity contribution >= 4 is 16.9 Å². The first kappa shape index (κ1) is 12.9. The van der Waals surface area contributed by atoms with Crippen molar-refractivity contribution in [3.8, 4) is 0 Å². The van der Waals surface area contributed by atoms with E-state index in [9.17, 15) is 4.79 Å². The second-order valence-corrected chi connectivity index (χ2v) is 6.30. The van der Waals surface area contributed by atoms with Gasteiger partial charge in [-0.2, -0.15) is 0 Å². The van der Waals surface area contributed by atoms with E-state index in [4.69, 9.17) is 4.42 Å². The maximum atomic E-state index is 12.2. The Morgan fingerprint density at radius 1 is 1.38 bits per heavy atom. The molecular weight excluding hydrogens is 262 g/mol. The van der Waals surface area contributed by atoms with Gasteiger partial charge in [-0.1, -0.05) is 6.92 Å². The van der Waals surface area contributed by atoms with Gasteiger partial charge in [-0.3, -0.25) is 4.79 Å². The zero-order valence-electron chi connectivity index (χ0n) is 12.5. The summed E-state index contributed by atoms with van der Waals surface area (Å²) in [7, 11) is 0. The number of hydrogen-bond acceptors (Lipinski definition) is 2. The average molecular weight is 283 g/mol. The number of benzene rings is 1. The molecule has 1 amide bonds. The minimum atomic E-state index is 0.317. The quantitative estimate of drug-likeness (QED) is 0.796. The van der Waals surface area contributed by atoms with E-state index in [0.717, 1.165) is 31.4 Å². The van der Waals surface area contributed by atoms with Crippen molar-refractivity contribution in [2.45, 2.75) is 51.0 Å². The zero-order chi connectivity index (χ0) is 14.4. The lowest BCUT2D eigenvalue weighted by Crippen LogP contribution is -2.49. The molecule has 21 heavy (non-hydrogen) atoms. The minimum absolute atomic E-state index is 0.317. The zero-order valence-corrected chi connectivity index (χ0v) is 12.5. The van der Waals surface area contributed by atoms with Gasteiger partial charge in [-0.05, 0) is 55.0 Å². The number of rotatable bonds is 1. The number of nitrogens with zero attached hydrogens (tertiary/aromatic N) is 1. The summed E-state index contributed by atoms with van der Waals surface area (Å²) in [6, 6.07) is 6.95. The fourth-order valence-electron chi connectivity index (χ4n) is 4.22. The fourth-order valence-corrected chi connectivity index (χ4v) is 4.22. The molecule has 3 heteroatoms. The Morgan fingerprint density at radius 2 is 2.29 bits per heavy atom. The van der Waals surface area contributed by atoms with Crippen LogP contribution in [0.1, 0.15) is 49.7 Å². The largest absolute Gasteiger partial charge is 0.464 e. The normalized spacial score (nSPS) is 24.7. The van der Waals surface area contributed by atoms with Crippen LogP contribution >= 0.6 is 0 Å². The number of likely N-dealkylation sites (tertiary alicyclic amines) is 1. The van der Waals surface area contributed by atoms with Crippen LogP contribution < -0.4 is 0 Å². The Hall–Kier alpha value is -1.77. The molecule has 2 aromatic rings. The van der Waals surface area contributed by atoms with Crippen molar-refractivity contribution in [1.29, 1.82) is 0 Å². The summed E-state index contributed by atoms with van der Waals surface area (Å²) in [5.74, 6) is 0.829. The van der Waals surface area contributed by atoms with Gasteiger partial charge in [0.25, 0.3) is 0 Å². The maximum absolute atomic E-state index is 12.2. The second kappa shape index (κ2) is 4.90. The third-order valence-corrected chi connectivity index (χ3v) is 5.22. The van der Waals surface area contributed by atoms with Crippen LogP contribution in [0.25, 0.3) is 11.0 Å². The number of amides is 1. The molecular formula is C18H21NO2. The molecule has 0 spiro atoms. The molecule has 0 N–H and O–H groups in total. The van der Waals surface area contributed by atoms with Gasteiger partial charge in [-0.25, -0.2) is 0 Å². The maximum Gasteiger partial charge on any atom is 0.222 e. The van der Waals surface area contributed by atoms with E-state index >= 15 is 0 Å². The van der Waals surface area contributed by atoms with Crippen LogP contribution in [-0.2, 0) is 11.2 Å². The summed E-state index contributed by atoms with van der Waals surface area (Å²) in [5, 5.41) is 1.19. The smallest absolute Gasteiger partial charge is 0.222 e. The number of carbonyl (C=O) groups excluding carboxylic acids is 1. The topological polar surface area (TPSA) is 33.5 Å². The predicted octanol–water partition coefficient (Wildman–Crippen LogP) is 3.86. The number of hydrogen-bond donors (Lipinski definition) is 0. The van der Waals surface area contributed by atoms with Gasteiger partial charge in [0.15, 0.2) is 0 Å². The van der Waals surface area contributed by atoms with Gasteiger partial charge >= 0.3 is 0 Å². The molecule has 2 atom stereocenters. The monoisotopic (exact) mass is 283 g/mol. The highest BCUT2D eigenvalue weighted by Gasteiger charge is 2.38. The van der Waals surface area contributed by atoms with Crippen molar-refractivity contribution in [2.24, 2.45) is 0 Å². The van der Waals surface area contributed by atoms with Crippen molar-refractivity contribution in [3.05, 3.63) is 35.6 Å². The second-order valence-electron chi connectivity index (χ2n) is 6.30. The molecule has 110 valence electrons. The first-order chi connectivity index (χ1) is 10.3. The average Bonchev–Trinajstić information content (AvgIpc) is 2.98. The fraction of sp³-hybridized carbons (Fsp3) is 0.500. The van der Waals surface area contributed by atoms with E-state index in [1.807, 2.05) is 13.0 Å². The highest BCUT2D eigenvalue weighted by Crippen LogP contribution is 2.42. The van der Waals surface area contributed by atoms with Crippen LogP contribution in [-0.4, -0.2) is 23.4 Å². The highest BCUT2D eigenvalue weighted by atomic mass is 16.3. The number of piperidine rings is 1. The Kier molecular flexibility index (Phi) is 3.02. The van der Waals surface area contributed by atoms with Gasteiger partial charge in [0, 0.05) is 30.3 Å². The third-order valence-electron chi connectivity index (χ3n) is 5.22. The summed E-state index contributed by atoms with van der Waals surface area (Å²) in [6.45, 7) is 2.91. The summed E-state index contributed by atoms with van der Waals surface area (Å²) in [4.78, 5) is 14.4. The minimum Gasteiger partial charge on any atom is -0.464 e. The van der Waals surface area contributed by atoms with Crippen LogP contribution in [0.3, 0.4) is 0 Å². The van der Waals surface area contributed by atoms with Crippen molar-refractivity contribution < 1.29 is 9.21 Å². The van der Waals surface area contributed by atoms with E-state index in [-0.39, 0.29) is 0 Å². The lowest BCUT2D eigenvalue weighted by molar-refractivity contribution is -0.135. The molecule has 2 heterocycles. The van der Waals surface area contributed by atoms with Crippen molar-refractivity contribution in [1.82, 2.24) is 4.90 Å². The summed E-state index contributed by atoms with van der Waals surface area (Å²) < 4.78 is 5.53. The predicted molar refractivity (Wildman–Crippen MR) is 82.3 cm³/mol. The standard InChI is InChI=1S/C18H21NO2/c1-2-18(20)19-8-3-4-14-15-10-13-7-9-21-17(13)11-12(15)5-6-16(14)19/h7,9-11,14,16H,2-6,8H2,1H3. The Labute approximate surface area is 124 Å². The molecule has 1 saturated heterocycles. The van der Waals surface area contributed by atoms with Gasteiger partial charge < -0.3 is 9.32 Å². The lowest BCUT2D eigenvalue weighted by Gasteiger charge is -2.45. The molecule has 1 aromatic heterocycles. The van der Waals surface area contributed by atoms with Crippen LogP contribution in [0.5, 0.6) is 0 Å². The molecule has 2 aliphatic rings. The number of carbonyl (C=O) groups is 1. The summed E-state index contributed by atoms with van der Waals surface area (Å²) >= 11 is 0. The van der Waals surface area contributed by atoms with Crippen molar-refractivity contribution in [3.63, 3.8) is 0 Å². The Bertz CT molecular complexity index is 688. The Balaban J connectivity index is 1.75. The number of fused-ring (bicyclic) bond motifs is 4. The molecule has 0 radical (unpaired) electrons. The van der Waals surface area contributed by atoms with Crippen LogP contribution in [0.15, 0.2) is 28.9 Å². The van der Waals surface area contributed by atoms with E-state index in [0.29, 0.717) is 24.3 Å². The molecule has 1 aromatic carbocycles. The van der Waals surface area contributed by atoms with E-state index in [2.05, 4.69) is 17.0 Å². The van der Waals surface area contributed by atoms with Gasteiger partial charge in [0.1, 0.15) is 5.58 Å². The van der Waals surface area contributed by atoms with Crippen LogP contribution in [0.2, 0.25) is 0 Å². The molecule has 0 saturated carbocycles. The molecule has 2 unspecified atom stereocenters. The molecule has 1 fully saturated rings.